The highest BCUT2D eigenvalue weighted by atomic mass is 79.9. The Morgan fingerprint density at radius 2 is 2.14 bits per heavy atom. The van der Waals surface area contributed by atoms with Gasteiger partial charge in [0, 0.05) is 29.3 Å². The third kappa shape index (κ3) is 2.35. The van der Waals surface area contributed by atoms with E-state index in [1.807, 2.05) is 25.2 Å². The molecule has 0 aliphatic heterocycles. The maximum Gasteiger partial charge on any atom is 0.161 e. The van der Waals surface area contributed by atoms with Crippen molar-refractivity contribution in [2.45, 2.75) is 13.8 Å². The van der Waals surface area contributed by atoms with Crippen LogP contribution in [-0.2, 0) is 0 Å². The van der Waals surface area contributed by atoms with Gasteiger partial charge in [0.15, 0.2) is 5.78 Å². The molecule has 0 N–H and O–H groups in total. The smallest absolute Gasteiger partial charge is 0.161 e. The van der Waals surface area contributed by atoms with Gasteiger partial charge in [-0.25, -0.2) is 0 Å². The van der Waals surface area contributed by atoms with E-state index in [0.29, 0.717) is 0 Å². The van der Waals surface area contributed by atoms with E-state index in [-0.39, 0.29) is 5.78 Å². The van der Waals surface area contributed by atoms with Gasteiger partial charge in [0.2, 0.25) is 0 Å². The third-order valence-electron chi connectivity index (χ3n) is 2.22. The van der Waals surface area contributed by atoms with Crippen LogP contribution >= 0.6 is 15.9 Å². The Balaban J connectivity index is 3.21. The topological polar surface area (TPSA) is 20.3 Å². The number of rotatable bonds is 3. The molecular formula is C11H14BrNO. The van der Waals surface area contributed by atoms with Gasteiger partial charge in [-0.05, 0) is 32.0 Å². The number of hydrogen-bond acceptors (Lipinski definition) is 2. The highest BCUT2D eigenvalue weighted by Gasteiger charge is 2.10. The number of ketones is 1. The average molecular weight is 256 g/mol. The minimum atomic E-state index is 0.0987. The molecule has 0 aliphatic rings. The van der Waals surface area contributed by atoms with Gasteiger partial charge in [0.25, 0.3) is 0 Å². The van der Waals surface area contributed by atoms with Crippen LogP contribution in [-0.4, -0.2) is 19.4 Å². The first kappa shape index (κ1) is 11.2. The van der Waals surface area contributed by atoms with Crippen LogP contribution in [0.15, 0.2) is 22.7 Å². The molecule has 2 nitrogen and oxygen atoms in total. The van der Waals surface area contributed by atoms with Crippen molar-refractivity contribution in [2.75, 3.05) is 18.5 Å². The first-order valence-electron chi connectivity index (χ1n) is 4.58. The van der Waals surface area contributed by atoms with E-state index in [9.17, 15) is 4.79 Å². The molecule has 0 spiro atoms. The second-order valence-corrected chi connectivity index (χ2v) is 4.15. The van der Waals surface area contributed by atoms with E-state index in [2.05, 4.69) is 27.8 Å². The van der Waals surface area contributed by atoms with Crippen molar-refractivity contribution in [1.82, 2.24) is 0 Å². The molecule has 0 saturated heterocycles. The maximum atomic E-state index is 11.4. The van der Waals surface area contributed by atoms with E-state index in [4.69, 9.17) is 0 Å². The summed E-state index contributed by atoms with van der Waals surface area (Å²) in [5.74, 6) is 0.0987. The second kappa shape index (κ2) is 4.60. The molecule has 1 aromatic rings. The number of hydrogen-bond donors (Lipinski definition) is 0. The molecule has 3 heteroatoms. The van der Waals surface area contributed by atoms with E-state index in [0.717, 1.165) is 22.3 Å². The Kier molecular flexibility index (Phi) is 3.69. The lowest BCUT2D eigenvalue weighted by Crippen LogP contribution is -2.18. The normalized spacial score (nSPS) is 10.0. The fraction of sp³-hybridized carbons (Fsp3) is 0.364. The predicted molar refractivity (Wildman–Crippen MR) is 63.1 cm³/mol. The lowest BCUT2D eigenvalue weighted by Gasteiger charge is -2.19. The molecule has 0 radical (unpaired) electrons. The zero-order valence-corrected chi connectivity index (χ0v) is 10.3. The summed E-state index contributed by atoms with van der Waals surface area (Å²) in [5, 5.41) is 0. The van der Waals surface area contributed by atoms with E-state index >= 15 is 0 Å². The Morgan fingerprint density at radius 3 is 2.64 bits per heavy atom. The monoisotopic (exact) mass is 255 g/mol. The first-order chi connectivity index (χ1) is 6.56. The molecule has 0 atom stereocenters. The summed E-state index contributed by atoms with van der Waals surface area (Å²) in [6.45, 7) is 4.54. The van der Waals surface area contributed by atoms with Gasteiger partial charge >= 0.3 is 0 Å². The molecule has 0 aliphatic carbocycles. The zero-order chi connectivity index (χ0) is 10.7. The van der Waals surface area contributed by atoms with Crippen LogP contribution in [0.1, 0.15) is 24.2 Å². The summed E-state index contributed by atoms with van der Waals surface area (Å²) >= 11 is 3.36. The molecule has 1 rings (SSSR count). The first-order valence-corrected chi connectivity index (χ1v) is 5.37. The summed E-state index contributed by atoms with van der Waals surface area (Å²) in [4.78, 5) is 13.5. The second-order valence-electron chi connectivity index (χ2n) is 3.23. The zero-order valence-electron chi connectivity index (χ0n) is 8.67. The Morgan fingerprint density at radius 1 is 1.50 bits per heavy atom. The van der Waals surface area contributed by atoms with Crippen LogP contribution in [0.2, 0.25) is 0 Å². The van der Waals surface area contributed by atoms with Crippen LogP contribution < -0.4 is 4.90 Å². The highest BCUT2D eigenvalue weighted by molar-refractivity contribution is 9.10. The Labute approximate surface area is 93.0 Å². The van der Waals surface area contributed by atoms with Crippen molar-refractivity contribution in [1.29, 1.82) is 0 Å². The number of nitrogens with zero attached hydrogens (tertiary/aromatic N) is 1. The predicted octanol–water partition coefficient (Wildman–Crippen LogP) is 3.11. The largest absolute Gasteiger partial charge is 0.374 e. The number of Topliss-reactive ketones (excluding diaryl/α,β-unsaturated/α-hetero) is 1. The molecule has 14 heavy (non-hydrogen) atoms. The van der Waals surface area contributed by atoms with Crippen molar-refractivity contribution in [3.63, 3.8) is 0 Å². The Hall–Kier alpha value is -0.830. The summed E-state index contributed by atoms with van der Waals surface area (Å²) in [6, 6.07) is 5.78. The van der Waals surface area contributed by atoms with Crippen molar-refractivity contribution in [3.05, 3.63) is 28.2 Å². The maximum absolute atomic E-state index is 11.4. The summed E-state index contributed by atoms with van der Waals surface area (Å²) < 4.78 is 0.941. The molecule has 1 aromatic carbocycles. The summed E-state index contributed by atoms with van der Waals surface area (Å²) in [6.07, 6.45) is 0. The lowest BCUT2D eigenvalue weighted by atomic mass is 10.1. The Bertz CT molecular complexity index is 349. The van der Waals surface area contributed by atoms with Gasteiger partial charge in [0.1, 0.15) is 0 Å². The van der Waals surface area contributed by atoms with Crippen LogP contribution in [0, 0.1) is 0 Å². The van der Waals surface area contributed by atoms with Gasteiger partial charge in [-0.1, -0.05) is 15.9 Å². The van der Waals surface area contributed by atoms with Crippen LogP contribution in [0.5, 0.6) is 0 Å². The number of halogens is 1. The van der Waals surface area contributed by atoms with Crippen LogP contribution in [0.4, 0.5) is 5.69 Å². The highest BCUT2D eigenvalue weighted by Crippen LogP contribution is 2.24. The van der Waals surface area contributed by atoms with E-state index in [1.54, 1.807) is 6.92 Å². The minimum Gasteiger partial charge on any atom is -0.374 e. The van der Waals surface area contributed by atoms with E-state index < -0.39 is 0 Å². The summed E-state index contributed by atoms with van der Waals surface area (Å²) in [7, 11) is 1.98. The number of carbonyl (C=O) groups is 1. The minimum absolute atomic E-state index is 0.0987. The van der Waals surface area contributed by atoms with Crippen molar-refractivity contribution >= 4 is 27.4 Å². The van der Waals surface area contributed by atoms with Crippen molar-refractivity contribution in [3.8, 4) is 0 Å². The number of benzene rings is 1. The van der Waals surface area contributed by atoms with Gasteiger partial charge in [0.05, 0.1) is 0 Å². The molecule has 76 valence electrons. The lowest BCUT2D eigenvalue weighted by molar-refractivity contribution is 0.101. The summed E-state index contributed by atoms with van der Waals surface area (Å²) in [5.41, 5.74) is 1.76. The fourth-order valence-electron chi connectivity index (χ4n) is 1.29. The number of carbonyl (C=O) groups excluding carboxylic acids is 1. The van der Waals surface area contributed by atoms with Gasteiger partial charge in [-0.15, -0.1) is 0 Å². The van der Waals surface area contributed by atoms with Crippen molar-refractivity contribution in [2.24, 2.45) is 0 Å². The molecule has 0 saturated carbocycles. The van der Waals surface area contributed by atoms with E-state index in [1.165, 1.54) is 0 Å². The van der Waals surface area contributed by atoms with Crippen LogP contribution in [0.3, 0.4) is 0 Å². The molecule has 0 unspecified atom stereocenters. The molecule has 0 fully saturated rings. The third-order valence-corrected chi connectivity index (χ3v) is 2.72. The van der Waals surface area contributed by atoms with Crippen LogP contribution in [0.25, 0.3) is 0 Å². The van der Waals surface area contributed by atoms with Gasteiger partial charge < -0.3 is 4.90 Å². The fourth-order valence-corrected chi connectivity index (χ4v) is 1.65. The molecule has 0 heterocycles. The quantitative estimate of drug-likeness (QED) is 0.774. The van der Waals surface area contributed by atoms with Gasteiger partial charge in [-0.2, -0.15) is 0 Å². The molecule has 0 aromatic heterocycles. The molecular weight excluding hydrogens is 242 g/mol. The SMILES string of the molecule is CCN(C)c1ccc(Br)cc1C(C)=O. The van der Waals surface area contributed by atoms with Crippen molar-refractivity contribution < 1.29 is 4.79 Å². The van der Waals surface area contributed by atoms with Gasteiger partial charge in [-0.3, -0.25) is 4.79 Å². The molecule has 0 amide bonds. The number of anilines is 1. The average Bonchev–Trinajstić information content (AvgIpc) is 2.16. The molecule has 0 bridgehead atoms. The standard InChI is InChI=1S/C11H14BrNO/c1-4-13(3)11-6-5-9(12)7-10(11)8(2)14/h5-7H,4H2,1-3H3.